The molecule has 1 N–H and O–H groups in total. The standard InChI is InChI=1S/C18H20FN3O2S/c1-2-22(16-7-4-3-5-8-16)12-6-11-21-25(23,24)17-9-10-18(19)15(13-17)14-20/h3-5,7-10,13,21H,2,6,11-12H2,1H3. The first-order chi connectivity index (χ1) is 12.0. The lowest BCUT2D eigenvalue weighted by molar-refractivity contribution is 0.577. The normalized spacial score (nSPS) is 11.1. The maximum atomic E-state index is 13.3. The van der Waals surface area contributed by atoms with Crippen LogP contribution in [0.3, 0.4) is 0 Å². The van der Waals surface area contributed by atoms with Gasteiger partial charge in [-0.25, -0.2) is 17.5 Å². The Balaban J connectivity index is 1.93. The third kappa shape index (κ3) is 5.02. The summed E-state index contributed by atoms with van der Waals surface area (Å²) in [6.45, 7) is 3.82. The summed E-state index contributed by atoms with van der Waals surface area (Å²) in [6, 6.07) is 14.7. The van der Waals surface area contributed by atoms with Crippen molar-refractivity contribution < 1.29 is 12.8 Å². The predicted molar refractivity (Wildman–Crippen MR) is 95.2 cm³/mol. The average Bonchev–Trinajstić information content (AvgIpc) is 2.62. The van der Waals surface area contributed by atoms with Crippen LogP contribution in [0.25, 0.3) is 0 Å². The topological polar surface area (TPSA) is 73.2 Å². The van der Waals surface area contributed by atoms with E-state index >= 15 is 0 Å². The SMILES string of the molecule is CCN(CCCNS(=O)(=O)c1ccc(F)c(C#N)c1)c1ccccc1. The van der Waals surface area contributed by atoms with Gasteiger partial charge < -0.3 is 4.90 Å². The van der Waals surface area contributed by atoms with Gasteiger partial charge in [-0.15, -0.1) is 0 Å². The van der Waals surface area contributed by atoms with Crippen molar-refractivity contribution in [2.75, 3.05) is 24.5 Å². The molecule has 0 radical (unpaired) electrons. The third-order valence-corrected chi connectivity index (χ3v) is 5.23. The van der Waals surface area contributed by atoms with Crippen molar-refractivity contribution in [3.63, 3.8) is 0 Å². The minimum Gasteiger partial charge on any atom is -0.372 e. The minimum atomic E-state index is -3.77. The number of hydrogen-bond acceptors (Lipinski definition) is 4. The second kappa shape index (κ2) is 8.60. The second-order valence-corrected chi connectivity index (χ2v) is 7.19. The Morgan fingerprint density at radius 1 is 1.20 bits per heavy atom. The quantitative estimate of drug-likeness (QED) is 0.734. The number of nitriles is 1. The van der Waals surface area contributed by atoms with Gasteiger partial charge in [0.2, 0.25) is 10.0 Å². The van der Waals surface area contributed by atoms with Crippen molar-refractivity contribution in [1.29, 1.82) is 5.26 Å². The summed E-state index contributed by atoms with van der Waals surface area (Å²) in [5.74, 6) is -0.733. The monoisotopic (exact) mass is 361 g/mol. The molecule has 0 amide bonds. The summed E-state index contributed by atoms with van der Waals surface area (Å²) < 4.78 is 40.3. The summed E-state index contributed by atoms with van der Waals surface area (Å²) in [5, 5.41) is 8.81. The van der Waals surface area contributed by atoms with Crippen molar-refractivity contribution in [2.24, 2.45) is 0 Å². The molecule has 2 rings (SSSR count). The predicted octanol–water partition coefficient (Wildman–Crippen LogP) is 2.89. The van der Waals surface area contributed by atoms with Gasteiger partial charge in [0, 0.05) is 25.3 Å². The lowest BCUT2D eigenvalue weighted by atomic mass is 10.2. The molecule has 0 saturated heterocycles. The van der Waals surface area contributed by atoms with Crippen LogP contribution in [0.2, 0.25) is 0 Å². The number of para-hydroxylation sites is 1. The zero-order chi connectivity index (χ0) is 18.3. The molecular weight excluding hydrogens is 341 g/mol. The van der Waals surface area contributed by atoms with Gasteiger partial charge in [-0.3, -0.25) is 0 Å². The van der Waals surface area contributed by atoms with E-state index in [2.05, 4.69) is 9.62 Å². The van der Waals surface area contributed by atoms with Crippen LogP contribution in [-0.4, -0.2) is 28.1 Å². The van der Waals surface area contributed by atoms with Gasteiger partial charge in [0.15, 0.2) is 0 Å². The Hall–Kier alpha value is -2.43. The Labute approximate surface area is 147 Å². The van der Waals surface area contributed by atoms with Gasteiger partial charge >= 0.3 is 0 Å². The molecule has 0 unspecified atom stereocenters. The van der Waals surface area contributed by atoms with Crippen LogP contribution in [0.4, 0.5) is 10.1 Å². The summed E-state index contributed by atoms with van der Waals surface area (Å²) in [4.78, 5) is 2.04. The van der Waals surface area contributed by atoms with Gasteiger partial charge in [-0.05, 0) is 43.7 Å². The Morgan fingerprint density at radius 3 is 2.56 bits per heavy atom. The number of rotatable bonds is 8. The molecule has 0 fully saturated rings. The van der Waals surface area contributed by atoms with Gasteiger partial charge in [-0.2, -0.15) is 5.26 Å². The Morgan fingerprint density at radius 2 is 1.92 bits per heavy atom. The zero-order valence-corrected chi connectivity index (χ0v) is 14.8. The number of nitrogens with one attached hydrogen (secondary N) is 1. The number of benzene rings is 2. The average molecular weight is 361 g/mol. The van der Waals surface area contributed by atoms with Crippen LogP contribution in [0, 0.1) is 17.1 Å². The number of anilines is 1. The number of nitrogens with zero attached hydrogens (tertiary/aromatic N) is 2. The van der Waals surface area contributed by atoms with E-state index in [9.17, 15) is 12.8 Å². The smallest absolute Gasteiger partial charge is 0.240 e. The van der Waals surface area contributed by atoms with Gasteiger partial charge in [0.25, 0.3) is 0 Å². The summed E-state index contributed by atoms with van der Waals surface area (Å²) in [7, 11) is -3.77. The van der Waals surface area contributed by atoms with E-state index in [1.165, 1.54) is 0 Å². The zero-order valence-electron chi connectivity index (χ0n) is 13.9. The molecule has 5 nitrogen and oxygen atoms in total. The molecular formula is C18H20FN3O2S. The highest BCUT2D eigenvalue weighted by Crippen LogP contribution is 2.15. The van der Waals surface area contributed by atoms with Crippen molar-refractivity contribution in [1.82, 2.24) is 4.72 Å². The molecule has 25 heavy (non-hydrogen) atoms. The molecule has 0 spiro atoms. The van der Waals surface area contributed by atoms with Crippen molar-refractivity contribution >= 4 is 15.7 Å². The van der Waals surface area contributed by atoms with Crippen molar-refractivity contribution in [3.8, 4) is 6.07 Å². The second-order valence-electron chi connectivity index (χ2n) is 5.42. The van der Waals surface area contributed by atoms with Crippen LogP contribution in [0.1, 0.15) is 18.9 Å². The first kappa shape index (κ1) is 18.9. The van der Waals surface area contributed by atoms with E-state index in [1.54, 1.807) is 6.07 Å². The Kier molecular flexibility index (Phi) is 6.51. The fraction of sp³-hybridized carbons (Fsp3) is 0.278. The fourth-order valence-electron chi connectivity index (χ4n) is 2.43. The molecule has 0 aliphatic heterocycles. The molecule has 7 heteroatoms. The van der Waals surface area contributed by atoms with E-state index in [0.29, 0.717) is 13.0 Å². The molecule has 0 atom stereocenters. The van der Waals surface area contributed by atoms with E-state index in [-0.39, 0.29) is 17.0 Å². The fourth-order valence-corrected chi connectivity index (χ4v) is 3.53. The molecule has 0 heterocycles. The molecule has 0 aliphatic rings. The summed E-state index contributed by atoms with van der Waals surface area (Å²) in [5.41, 5.74) is 0.800. The summed E-state index contributed by atoms with van der Waals surface area (Å²) in [6.07, 6.45) is 0.619. The third-order valence-electron chi connectivity index (χ3n) is 3.77. The van der Waals surface area contributed by atoms with Crippen molar-refractivity contribution in [2.45, 2.75) is 18.2 Å². The lowest BCUT2D eigenvalue weighted by Crippen LogP contribution is -2.30. The van der Waals surface area contributed by atoms with Crippen LogP contribution < -0.4 is 9.62 Å². The molecule has 132 valence electrons. The van der Waals surface area contributed by atoms with E-state index < -0.39 is 15.8 Å². The lowest BCUT2D eigenvalue weighted by Gasteiger charge is -2.23. The van der Waals surface area contributed by atoms with Gasteiger partial charge in [0.1, 0.15) is 11.9 Å². The molecule has 0 bridgehead atoms. The number of sulfonamides is 1. The first-order valence-electron chi connectivity index (χ1n) is 7.97. The molecule has 2 aromatic rings. The molecule has 0 aliphatic carbocycles. The van der Waals surface area contributed by atoms with Crippen LogP contribution >= 0.6 is 0 Å². The van der Waals surface area contributed by atoms with E-state index in [0.717, 1.165) is 30.4 Å². The number of halogens is 1. The Bertz CT molecular complexity index is 848. The van der Waals surface area contributed by atoms with E-state index in [4.69, 9.17) is 5.26 Å². The highest BCUT2D eigenvalue weighted by atomic mass is 32.2. The van der Waals surface area contributed by atoms with Gasteiger partial charge in [-0.1, -0.05) is 18.2 Å². The van der Waals surface area contributed by atoms with Crippen molar-refractivity contribution in [3.05, 3.63) is 59.9 Å². The van der Waals surface area contributed by atoms with Crippen LogP contribution in [0.15, 0.2) is 53.4 Å². The highest BCUT2D eigenvalue weighted by Gasteiger charge is 2.16. The van der Waals surface area contributed by atoms with Gasteiger partial charge in [0.05, 0.1) is 10.5 Å². The molecule has 0 aromatic heterocycles. The largest absolute Gasteiger partial charge is 0.372 e. The summed E-state index contributed by atoms with van der Waals surface area (Å²) >= 11 is 0. The van der Waals surface area contributed by atoms with E-state index in [1.807, 2.05) is 37.3 Å². The minimum absolute atomic E-state index is 0.110. The number of hydrogen-bond donors (Lipinski definition) is 1. The van der Waals surface area contributed by atoms with Crippen LogP contribution in [0.5, 0.6) is 0 Å². The maximum absolute atomic E-state index is 13.3. The van der Waals surface area contributed by atoms with Crippen LogP contribution in [-0.2, 0) is 10.0 Å². The molecule has 0 saturated carbocycles. The highest BCUT2D eigenvalue weighted by molar-refractivity contribution is 7.89. The molecule has 2 aromatic carbocycles. The maximum Gasteiger partial charge on any atom is 0.240 e. The first-order valence-corrected chi connectivity index (χ1v) is 9.45.